The molecule has 4 aliphatic heterocycles. The number of anilines is 3. The van der Waals surface area contributed by atoms with E-state index < -0.39 is 17.8 Å². The number of benzene rings is 2. The van der Waals surface area contributed by atoms with E-state index in [1.54, 1.807) is 12.3 Å². The summed E-state index contributed by atoms with van der Waals surface area (Å²) in [5, 5.41) is 3.50. The molecule has 5 N–H and O–H groups in total. The first-order valence-corrected chi connectivity index (χ1v) is 17.7. The Morgan fingerprint density at radius 3 is 2.55 bits per heavy atom. The smallest absolute Gasteiger partial charge is 0.255 e. The van der Waals surface area contributed by atoms with Crippen LogP contribution >= 0.6 is 23.4 Å². The number of imide groups is 1. The van der Waals surface area contributed by atoms with Gasteiger partial charge in [-0.15, -0.1) is 0 Å². The summed E-state index contributed by atoms with van der Waals surface area (Å²) in [7, 11) is 0. The standard InChI is InChI=1S/C34H39ClFN9O3S/c1-34(38)7-9-44(10-8-34)27-17-39-32(30(37)40-27)49-26-4-2-3-24(29(26)35)43-13-11-42(12-14-43)18-21-15-20-19-45(33(48)22(20)16-23(21)36)25-5-6-28(46)41-31(25)47/h2-4,15-17,25H,5-14,18-19,38H2,1H3,(H2,37,40)(H,41,46,47). The molecule has 49 heavy (non-hydrogen) atoms. The van der Waals surface area contributed by atoms with Gasteiger partial charge in [0.2, 0.25) is 11.8 Å². The van der Waals surface area contributed by atoms with Crippen LogP contribution in [0.15, 0.2) is 46.5 Å². The number of aromatic nitrogens is 2. The summed E-state index contributed by atoms with van der Waals surface area (Å²) in [5.41, 5.74) is 14.9. The predicted molar refractivity (Wildman–Crippen MR) is 186 cm³/mol. The van der Waals surface area contributed by atoms with Crippen LogP contribution in [0.4, 0.5) is 21.7 Å². The van der Waals surface area contributed by atoms with E-state index in [4.69, 9.17) is 23.1 Å². The van der Waals surface area contributed by atoms with Gasteiger partial charge in [-0.2, -0.15) is 0 Å². The van der Waals surface area contributed by atoms with Gasteiger partial charge in [-0.05, 0) is 56.0 Å². The lowest BCUT2D eigenvalue weighted by Crippen LogP contribution is -2.52. The fourth-order valence-electron chi connectivity index (χ4n) is 6.94. The van der Waals surface area contributed by atoms with E-state index >= 15 is 4.39 Å². The van der Waals surface area contributed by atoms with Crippen LogP contribution in [0.5, 0.6) is 0 Å². The fourth-order valence-corrected chi connectivity index (χ4v) is 8.10. The minimum Gasteiger partial charge on any atom is -0.381 e. The molecule has 0 radical (unpaired) electrons. The predicted octanol–water partition coefficient (Wildman–Crippen LogP) is 3.40. The molecule has 0 saturated carbocycles. The highest BCUT2D eigenvalue weighted by Crippen LogP contribution is 2.40. The minimum absolute atomic E-state index is 0.159. The van der Waals surface area contributed by atoms with E-state index in [9.17, 15) is 14.4 Å². The lowest BCUT2D eigenvalue weighted by molar-refractivity contribution is -0.136. The number of carbonyl (C=O) groups is 3. The zero-order chi connectivity index (χ0) is 34.4. The third kappa shape index (κ3) is 6.91. The van der Waals surface area contributed by atoms with E-state index in [0.29, 0.717) is 59.7 Å². The highest BCUT2D eigenvalue weighted by atomic mass is 35.5. The molecule has 1 unspecified atom stereocenters. The van der Waals surface area contributed by atoms with Crippen molar-refractivity contribution < 1.29 is 18.8 Å². The monoisotopic (exact) mass is 707 g/mol. The van der Waals surface area contributed by atoms with Crippen LogP contribution in [-0.2, 0) is 22.7 Å². The number of amides is 3. The summed E-state index contributed by atoms with van der Waals surface area (Å²) in [4.78, 5) is 55.1. The number of nitrogen functional groups attached to an aromatic ring is 1. The van der Waals surface area contributed by atoms with Gasteiger partial charge >= 0.3 is 0 Å². The Kier molecular flexibility index (Phi) is 9.15. The molecular weight excluding hydrogens is 669 g/mol. The summed E-state index contributed by atoms with van der Waals surface area (Å²) in [5.74, 6) is -0.561. The molecule has 0 bridgehead atoms. The number of piperidine rings is 2. The second-order valence-corrected chi connectivity index (χ2v) is 14.9. The fraction of sp³-hybridized carbons (Fsp3) is 0.441. The molecule has 0 spiro atoms. The summed E-state index contributed by atoms with van der Waals surface area (Å²) < 4.78 is 15.3. The van der Waals surface area contributed by atoms with Crippen molar-refractivity contribution in [1.82, 2.24) is 25.1 Å². The quantitative estimate of drug-likeness (QED) is 0.310. The van der Waals surface area contributed by atoms with Crippen LogP contribution in [-0.4, -0.2) is 88.3 Å². The molecule has 5 heterocycles. The van der Waals surface area contributed by atoms with Crippen molar-refractivity contribution in [2.45, 2.75) is 67.2 Å². The Bertz CT molecular complexity index is 1810. The van der Waals surface area contributed by atoms with Gasteiger partial charge in [-0.1, -0.05) is 29.4 Å². The maximum absolute atomic E-state index is 15.3. The number of fused-ring (bicyclic) bond motifs is 1. The topological polar surface area (TPSA) is 154 Å². The molecule has 258 valence electrons. The Morgan fingerprint density at radius 2 is 1.84 bits per heavy atom. The van der Waals surface area contributed by atoms with Crippen molar-refractivity contribution in [3.8, 4) is 0 Å². The van der Waals surface area contributed by atoms with E-state index in [-0.39, 0.29) is 42.3 Å². The van der Waals surface area contributed by atoms with E-state index in [0.717, 1.165) is 42.3 Å². The number of piperazine rings is 1. The SMILES string of the molecule is CC1(N)CCN(c2cnc(Sc3cccc(N4CCN(Cc5cc6c(cc5F)C(=O)N(C5CCC(=O)NC5=O)C6)CC4)c3Cl)c(N)n2)CC1. The van der Waals surface area contributed by atoms with Crippen LogP contribution in [0.3, 0.4) is 0 Å². The first kappa shape index (κ1) is 33.5. The number of nitrogens with one attached hydrogen (secondary N) is 1. The molecule has 1 atom stereocenters. The molecule has 1 aromatic heterocycles. The summed E-state index contributed by atoms with van der Waals surface area (Å²) >= 11 is 8.34. The van der Waals surface area contributed by atoms with Gasteiger partial charge in [0, 0.05) is 80.3 Å². The third-order valence-electron chi connectivity index (χ3n) is 9.93. The first-order chi connectivity index (χ1) is 23.5. The minimum atomic E-state index is -0.736. The molecule has 7 rings (SSSR count). The Labute approximate surface area is 293 Å². The largest absolute Gasteiger partial charge is 0.381 e. The number of hydrogen-bond donors (Lipinski definition) is 3. The normalized spacial score (nSPS) is 21.3. The number of nitrogens with zero attached hydrogens (tertiary/aromatic N) is 6. The van der Waals surface area contributed by atoms with Gasteiger partial charge in [-0.3, -0.25) is 24.6 Å². The molecule has 3 amide bonds. The average Bonchev–Trinajstić information content (AvgIpc) is 3.37. The zero-order valence-corrected chi connectivity index (χ0v) is 28.8. The summed E-state index contributed by atoms with van der Waals surface area (Å²) in [6.45, 7) is 7.05. The van der Waals surface area contributed by atoms with Crippen molar-refractivity contribution in [3.63, 3.8) is 0 Å². The molecule has 2 aromatic carbocycles. The van der Waals surface area contributed by atoms with Crippen LogP contribution in [0.2, 0.25) is 5.02 Å². The molecule has 12 nitrogen and oxygen atoms in total. The Morgan fingerprint density at radius 1 is 1.08 bits per heavy atom. The number of carbonyl (C=O) groups excluding carboxylic acids is 3. The molecular formula is C34H39ClFN9O3S. The Balaban J connectivity index is 0.969. The number of hydrogen-bond acceptors (Lipinski definition) is 11. The molecule has 4 aliphatic rings. The van der Waals surface area contributed by atoms with Crippen molar-refractivity contribution >= 4 is 58.4 Å². The highest BCUT2D eigenvalue weighted by Gasteiger charge is 2.39. The second kappa shape index (κ2) is 13.4. The second-order valence-electron chi connectivity index (χ2n) is 13.5. The van der Waals surface area contributed by atoms with Crippen molar-refractivity contribution in [2.24, 2.45) is 5.73 Å². The Hall–Kier alpha value is -3.98. The molecule has 3 aromatic rings. The van der Waals surface area contributed by atoms with Crippen molar-refractivity contribution in [1.29, 1.82) is 0 Å². The molecule has 15 heteroatoms. The zero-order valence-electron chi connectivity index (χ0n) is 27.3. The van der Waals surface area contributed by atoms with Crippen LogP contribution in [0.1, 0.15) is 54.1 Å². The van der Waals surface area contributed by atoms with Gasteiger partial charge in [0.05, 0.1) is 16.9 Å². The van der Waals surface area contributed by atoms with Gasteiger partial charge in [0.1, 0.15) is 22.7 Å². The van der Waals surface area contributed by atoms with Crippen LogP contribution in [0, 0.1) is 5.82 Å². The summed E-state index contributed by atoms with van der Waals surface area (Å²) in [6, 6.07) is 8.18. The number of nitrogens with two attached hydrogens (primary N) is 2. The van der Waals surface area contributed by atoms with E-state index in [1.165, 1.54) is 22.7 Å². The highest BCUT2D eigenvalue weighted by molar-refractivity contribution is 7.99. The third-order valence-corrected chi connectivity index (χ3v) is 11.5. The number of halogens is 2. The van der Waals surface area contributed by atoms with Gasteiger partial charge in [0.15, 0.2) is 5.82 Å². The number of rotatable bonds is 7. The van der Waals surface area contributed by atoms with Crippen molar-refractivity contribution in [3.05, 3.63) is 64.1 Å². The van der Waals surface area contributed by atoms with Crippen molar-refractivity contribution in [2.75, 3.05) is 54.8 Å². The molecule has 0 aliphatic carbocycles. The first-order valence-electron chi connectivity index (χ1n) is 16.5. The average molecular weight is 708 g/mol. The van der Waals surface area contributed by atoms with Gasteiger partial charge in [-0.25, -0.2) is 14.4 Å². The van der Waals surface area contributed by atoms with E-state index in [2.05, 4.69) is 36.9 Å². The molecule has 3 saturated heterocycles. The van der Waals surface area contributed by atoms with Gasteiger partial charge < -0.3 is 26.2 Å². The van der Waals surface area contributed by atoms with Gasteiger partial charge in [0.25, 0.3) is 5.91 Å². The van der Waals surface area contributed by atoms with Crippen LogP contribution < -0.4 is 26.6 Å². The maximum Gasteiger partial charge on any atom is 0.255 e. The lowest BCUT2D eigenvalue weighted by atomic mass is 9.91. The van der Waals surface area contributed by atoms with E-state index in [1.807, 2.05) is 18.2 Å². The maximum atomic E-state index is 15.3. The molecule has 3 fully saturated rings. The lowest BCUT2D eigenvalue weighted by Gasteiger charge is -2.37. The van der Waals surface area contributed by atoms with Crippen LogP contribution in [0.25, 0.3) is 0 Å². The summed E-state index contributed by atoms with van der Waals surface area (Å²) in [6.07, 6.45) is 3.94.